The number of benzene rings is 1. The monoisotopic (exact) mass is 312 g/mol. The van der Waals surface area contributed by atoms with Crippen LogP contribution in [0.5, 0.6) is 0 Å². The summed E-state index contributed by atoms with van der Waals surface area (Å²) in [5.74, 6) is 0.532. The number of aliphatic hydroxyl groups excluding tert-OH is 1. The summed E-state index contributed by atoms with van der Waals surface area (Å²) >= 11 is 0. The van der Waals surface area contributed by atoms with Gasteiger partial charge in [0.15, 0.2) is 0 Å². The molecule has 1 aromatic heterocycles. The second-order valence-corrected chi connectivity index (χ2v) is 7.44. The molecular weight excluding hydrogens is 284 g/mol. The fourth-order valence-electron chi connectivity index (χ4n) is 4.41. The molecule has 4 rings (SSSR count). The molecule has 3 heteroatoms. The lowest BCUT2D eigenvalue weighted by Gasteiger charge is -2.26. The standard InChI is InChI=1S/C20H28N2O/c23-18-5-3-4-15(12-18)16-6-7-20-19(13-16)17(14-21-20)8-11-22-9-1-2-10-22/h6-7,13-15,18,21,23H,1-5,8-12H2. The molecule has 2 heterocycles. The Kier molecular flexibility index (Phi) is 4.41. The lowest BCUT2D eigenvalue weighted by molar-refractivity contribution is 0.119. The number of likely N-dealkylation sites (tertiary alicyclic amines) is 1. The van der Waals surface area contributed by atoms with E-state index in [0.29, 0.717) is 5.92 Å². The normalized spacial score (nSPS) is 26.1. The second-order valence-electron chi connectivity index (χ2n) is 7.44. The van der Waals surface area contributed by atoms with Gasteiger partial charge in [-0.2, -0.15) is 0 Å². The van der Waals surface area contributed by atoms with Crippen LogP contribution >= 0.6 is 0 Å². The van der Waals surface area contributed by atoms with Crippen LogP contribution in [0.1, 0.15) is 55.6 Å². The highest BCUT2D eigenvalue weighted by molar-refractivity contribution is 5.84. The van der Waals surface area contributed by atoms with Gasteiger partial charge in [-0.05, 0) is 80.8 Å². The third kappa shape index (κ3) is 3.31. The molecule has 0 bridgehead atoms. The number of fused-ring (bicyclic) bond motifs is 1. The minimum atomic E-state index is -0.106. The van der Waals surface area contributed by atoms with Crippen molar-refractivity contribution in [3.63, 3.8) is 0 Å². The molecule has 1 saturated carbocycles. The molecule has 2 unspecified atom stereocenters. The quantitative estimate of drug-likeness (QED) is 0.901. The van der Waals surface area contributed by atoms with E-state index in [1.807, 2.05) is 0 Å². The van der Waals surface area contributed by atoms with Crippen LogP contribution in [0.4, 0.5) is 0 Å². The fraction of sp³-hybridized carbons (Fsp3) is 0.600. The Morgan fingerprint density at radius 2 is 2.00 bits per heavy atom. The Balaban J connectivity index is 1.53. The van der Waals surface area contributed by atoms with Crippen LogP contribution in [0.2, 0.25) is 0 Å². The summed E-state index contributed by atoms with van der Waals surface area (Å²) in [5.41, 5.74) is 4.12. The first-order chi connectivity index (χ1) is 11.3. The van der Waals surface area contributed by atoms with E-state index in [9.17, 15) is 5.11 Å². The van der Waals surface area contributed by atoms with E-state index >= 15 is 0 Å². The van der Waals surface area contributed by atoms with Crippen molar-refractivity contribution in [1.29, 1.82) is 0 Å². The van der Waals surface area contributed by atoms with Crippen molar-refractivity contribution in [2.45, 2.75) is 57.0 Å². The molecule has 2 aromatic rings. The maximum atomic E-state index is 9.96. The summed E-state index contributed by atoms with van der Waals surface area (Å²) in [6, 6.07) is 6.87. The predicted molar refractivity (Wildman–Crippen MR) is 94.9 cm³/mol. The van der Waals surface area contributed by atoms with Crippen molar-refractivity contribution in [2.24, 2.45) is 0 Å². The SMILES string of the molecule is OC1CCCC(c2ccc3[nH]cc(CCN4CCCC4)c3c2)C1. The first kappa shape index (κ1) is 15.2. The van der Waals surface area contributed by atoms with Crippen LogP contribution in [0.25, 0.3) is 10.9 Å². The van der Waals surface area contributed by atoms with Crippen molar-refractivity contribution >= 4 is 10.9 Å². The van der Waals surface area contributed by atoms with E-state index in [0.717, 1.165) is 25.7 Å². The van der Waals surface area contributed by atoms with Crippen LogP contribution in [0.15, 0.2) is 24.4 Å². The smallest absolute Gasteiger partial charge is 0.0546 e. The molecule has 1 aliphatic carbocycles. The van der Waals surface area contributed by atoms with Crippen molar-refractivity contribution in [3.05, 3.63) is 35.5 Å². The van der Waals surface area contributed by atoms with Crippen LogP contribution in [-0.2, 0) is 6.42 Å². The number of aromatic amines is 1. The van der Waals surface area contributed by atoms with E-state index in [1.54, 1.807) is 0 Å². The van der Waals surface area contributed by atoms with Crippen molar-refractivity contribution in [3.8, 4) is 0 Å². The van der Waals surface area contributed by atoms with Gasteiger partial charge in [0.1, 0.15) is 0 Å². The first-order valence-corrected chi connectivity index (χ1v) is 9.30. The zero-order chi connectivity index (χ0) is 15.6. The molecule has 2 aliphatic rings. The Morgan fingerprint density at radius 1 is 1.13 bits per heavy atom. The highest BCUT2D eigenvalue weighted by atomic mass is 16.3. The van der Waals surface area contributed by atoms with Gasteiger partial charge in [-0.25, -0.2) is 0 Å². The lowest BCUT2D eigenvalue weighted by Crippen LogP contribution is -2.21. The third-order valence-corrected chi connectivity index (χ3v) is 5.81. The van der Waals surface area contributed by atoms with Crippen molar-refractivity contribution in [2.75, 3.05) is 19.6 Å². The molecule has 0 radical (unpaired) electrons. The topological polar surface area (TPSA) is 39.3 Å². The van der Waals surface area contributed by atoms with Crippen LogP contribution in [-0.4, -0.2) is 40.7 Å². The average Bonchev–Trinajstić information content (AvgIpc) is 3.22. The Morgan fingerprint density at radius 3 is 2.83 bits per heavy atom. The number of aliphatic hydroxyl groups is 1. The zero-order valence-corrected chi connectivity index (χ0v) is 13.9. The summed E-state index contributed by atoms with van der Waals surface area (Å²) in [6.45, 7) is 3.72. The Hall–Kier alpha value is -1.32. The van der Waals surface area contributed by atoms with Crippen LogP contribution in [0.3, 0.4) is 0 Å². The molecule has 124 valence electrons. The molecule has 1 aliphatic heterocycles. The van der Waals surface area contributed by atoms with E-state index in [2.05, 4.69) is 34.3 Å². The maximum Gasteiger partial charge on any atom is 0.0546 e. The van der Waals surface area contributed by atoms with Crippen molar-refractivity contribution in [1.82, 2.24) is 9.88 Å². The highest BCUT2D eigenvalue weighted by Gasteiger charge is 2.22. The molecular formula is C20H28N2O. The molecule has 1 aromatic carbocycles. The van der Waals surface area contributed by atoms with Gasteiger partial charge in [-0.3, -0.25) is 0 Å². The summed E-state index contributed by atoms with van der Waals surface area (Å²) in [6.07, 6.45) is 10.2. The Bertz CT molecular complexity index is 657. The molecule has 1 saturated heterocycles. The second kappa shape index (κ2) is 6.66. The van der Waals surface area contributed by atoms with E-state index < -0.39 is 0 Å². The Labute approximate surface area is 138 Å². The third-order valence-electron chi connectivity index (χ3n) is 5.81. The molecule has 2 N–H and O–H groups in total. The van der Waals surface area contributed by atoms with Gasteiger partial charge in [0.2, 0.25) is 0 Å². The molecule has 0 spiro atoms. The lowest BCUT2D eigenvalue weighted by atomic mass is 9.82. The number of nitrogens with one attached hydrogen (secondary N) is 1. The predicted octanol–water partition coefficient (Wildman–Crippen LogP) is 3.82. The number of nitrogens with zero attached hydrogens (tertiary/aromatic N) is 1. The fourth-order valence-corrected chi connectivity index (χ4v) is 4.41. The number of H-pyrrole nitrogens is 1. The summed E-state index contributed by atoms with van der Waals surface area (Å²) in [5, 5.41) is 11.4. The largest absolute Gasteiger partial charge is 0.393 e. The molecule has 23 heavy (non-hydrogen) atoms. The van der Waals surface area contributed by atoms with Gasteiger partial charge in [0, 0.05) is 23.6 Å². The summed E-state index contributed by atoms with van der Waals surface area (Å²) < 4.78 is 0. The van der Waals surface area contributed by atoms with E-state index in [1.165, 1.54) is 60.9 Å². The van der Waals surface area contributed by atoms with Gasteiger partial charge in [-0.15, -0.1) is 0 Å². The molecule has 0 amide bonds. The summed E-state index contributed by atoms with van der Waals surface area (Å²) in [7, 11) is 0. The van der Waals surface area contributed by atoms with Gasteiger partial charge in [0.25, 0.3) is 0 Å². The average molecular weight is 312 g/mol. The van der Waals surface area contributed by atoms with Gasteiger partial charge in [-0.1, -0.05) is 12.5 Å². The molecule has 2 fully saturated rings. The van der Waals surface area contributed by atoms with E-state index in [-0.39, 0.29) is 6.10 Å². The zero-order valence-electron chi connectivity index (χ0n) is 13.9. The first-order valence-electron chi connectivity index (χ1n) is 9.30. The number of aromatic nitrogens is 1. The van der Waals surface area contributed by atoms with Gasteiger partial charge < -0.3 is 15.0 Å². The number of hydrogen-bond donors (Lipinski definition) is 2. The highest BCUT2D eigenvalue weighted by Crippen LogP contribution is 2.34. The van der Waals surface area contributed by atoms with Gasteiger partial charge in [0.05, 0.1) is 6.10 Å². The van der Waals surface area contributed by atoms with Gasteiger partial charge >= 0.3 is 0 Å². The minimum Gasteiger partial charge on any atom is -0.393 e. The minimum absolute atomic E-state index is 0.106. The molecule has 3 nitrogen and oxygen atoms in total. The van der Waals surface area contributed by atoms with Crippen LogP contribution < -0.4 is 0 Å². The van der Waals surface area contributed by atoms with Crippen LogP contribution in [0, 0.1) is 0 Å². The maximum absolute atomic E-state index is 9.96. The van der Waals surface area contributed by atoms with E-state index in [4.69, 9.17) is 0 Å². The summed E-state index contributed by atoms with van der Waals surface area (Å²) in [4.78, 5) is 6.02. The number of hydrogen-bond acceptors (Lipinski definition) is 2. The molecule has 2 atom stereocenters. The van der Waals surface area contributed by atoms with Crippen molar-refractivity contribution < 1.29 is 5.11 Å². The number of rotatable bonds is 4.